The lowest BCUT2D eigenvalue weighted by Crippen LogP contribution is -2.73. The Balaban J connectivity index is 1.63. The first kappa shape index (κ1) is 32.4. The Kier molecular flexibility index (Phi) is 8.43. The van der Waals surface area contributed by atoms with Crippen molar-refractivity contribution in [3.05, 3.63) is 24.0 Å². The van der Waals surface area contributed by atoms with Gasteiger partial charge in [0, 0.05) is 32.1 Å². The number of hydrogen-bond donors (Lipinski definition) is 1. The van der Waals surface area contributed by atoms with Gasteiger partial charge in [0.05, 0.1) is 30.5 Å². The molecule has 1 N–H and O–H groups in total. The molecule has 1 unspecified atom stereocenters. The molecule has 1 spiro atoms. The average molecular weight is 621 g/mol. The third-order valence-electron chi connectivity index (χ3n) is 10.9. The van der Waals surface area contributed by atoms with Crippen LogP contribution >= 0.6 is 0 Å². The van der Waals surface area contributed by atoms with Crippen molar-refractivity contribution in [1.29, 1.82) is 0 Å². The van der Waals surface area contributed by atoms with Crippen LogP contribution in [0.25, 0.3) is 0 Å². The molecule has 3 heterocycles. The van der Waals surface area contributed by atoms with Gasteiger partial charge in [0.2, 0.25) is 11.9 Å². The minimum absolute atomic E-state index is 0.0297. The third kappa shape index (κ3) is 4.84. The van der Waals surface area contributed by atoms with E-state index >= 15 is 0 Å². The normalized spacial score (nSPS) is 40.3. The minimum Gasteiger partial charge on any atom is -0.472 e. The average Bonchev–Trinajstić information content (AvgIpc) is 3.44. The maximum absolute atomic E-state index is 13.8. The highest BCUT2D eigenvalue weighted by Gasteiger charge is 2.81. The molecule has 10 atom stereocenters. The molecule has 0 radical (unpaired) electrons. The van der Waals surface area contributed by atoms with Gasteiger partial charge in [0.25, 0.3) is 0 Å². The van der Waals surface area contributed by atoms with Gasteiger partial charge < -0.3 is 38.3 Å². The fraction of sp³-hybridized carbons (Fsp3) is 0.750. The molecule has 0 amide bonds. The molecule has 0 aromatic heterocycles. The van der Waals surface area contributed by atoms with E-state index < -0.39 is 76.4 Å². The lowest BCUT2D eigenvalue weighted by atomic mass is 9.44. The summed E-state index contributed by atoms with van der Waals surface area (Å²) in [5, 5.41) is 11.8. The number of ether oxygens (including phenoxy) is 7. The maximum Gasteiger partial charge on any atom is 0.351 e. The second-order valence-electron chi connectivity index (χ2n) is 13.0. The van der Waals surface area contributed by atoms with Crippen molar-refractivity contribution < 1.29 is 57.4 Å². The van der Waals surface area contributed by atoms with Crippen LogP contribution in [0.4, 0.5) is 0 Å². The molecule has 3 aliphatic heterocycles. The Morgan fingerprint density at radius 3 is 2.27 bits per heavy atom. The highest BCUT2D eigenvalue weighted by atomic mass is 16.7. The Hall–Kier alpha value is -2.96. The van der Waals surface area contributed by atoms with E-state index in [1.54, 1.807) is 20.1 Å². The van der Waals surface area contributed by atoms with Gasteiger partial charge in [-0.2, -0.15) is 0 Å². The van der Waals surface area contributed by atoms with Crippen molar-refractivity contribution >= 4 is 23.9 Å². The fourth-order valence-corrected chi connectivity index (χ4v) is 8.31. The van der Waals surface area contributed by atoms with Crippen molar-refractivity contribution in [2.75, 3.05) is 13.2 Å². The first-order valence-corrected chi connectivity index (χ1v) is 15.4. The van der Waals surface area contributed by atoms with E-state index in [2.05, 4.69) is 0 Å². The molecule has 2 saturated heterocycles. The standard InChI is InChI=1S/C32H44O12/c1-8-30(9-2,44-20(6)35)28(37)43-26-22(36)14-23-29(7,24-13-21-10-11-38-27(21)42-24)17(3)12-25(41-19(5)34)31(23,15-39-18(4)33)32(26)16-40-32/h10-12,21-27,36H,8-9,13-16H2,1-7H3/t21-,22?,23-,24+,25+,26+,27+,29+,31+,32-/m1/s1. The number of aliphatic hydroxyl groups is 1. The number of esters is 4. The topological polar surface area (TPSA) is 156 Å². The molecule has 5 aliphatic rings. The molecule has 12 heteroatoms. The van der Waals surface area contributed by atoms with E-state index in [4.69, 9.17) is 33.2 Å². The Morgan fingerprint density at radius 2 is 1.73 bits per heavy atom. The highest BCUT2D eigenvalue weighted by molar-refractivity contribution is 5.83. The number of carbonyl (C=O) groups is 4. The van der Waals surface area contributed by atoms with Gasteiger partial charge in [0.15, 0.2) is 6.10 Å². The monoisotopic (exact) mass is 620 g/mol. The Bertz CT molecular complexity index is 1250. The molecule has 2 aliphatic carbocycles. The lowest BCUT2D eigenvalue weighted by Gasteiger charge is -2.62. The number of epoxide rings is 1. The first-order valence-electron chi connectivity index (χ1n) is 15.4. The zero-order chi connectivity index (χ0) is 32.2. The van der Waals surface area contributed by atoms with E-state index in [1.807, 2.05) is 26.0 Å². The van der Waals surface area contributed by atoms with Crippen LogP contribution < -0.4 is 0 Å². The van der Waals surface area contributed by atoms with E-state index in [0.717, 1.165) is 5.57 Å². The van der Waals surface area contributed by atoms with Crippen LogP contribution in [0.2, 0.25) is 0 Å². The summed E-state index contributed by atoms with van der Waals surface area (Å²) in [4.78, 5) is 50.7. The smallest absolute Gasteiger partial charge is 0.351 e. The predicted molar refractivity (Wildman–Crippen MR) is 151 cm³/mol. The van der Waals surface area contributed by atoms with Crippen molar-refractivity contribution in [3.63, 3.8) is 0 Å². The summed E-state index contributed by atoms with van der Waals surface area (Å²) in [6.07, 6.45) is 2.23. The third-order valence-corrected chi connectivity index (χ3v) is 10.9. The summed E-state index contributed by atoms with van der Waals surface area (Å²) < 4.78 is 41.7. The molecular formula is C32H44O12. The highest BCUT2D eigenvalue weighted by Crippen LogP contribution is 2.69. The van der Waals surface area contributed by atoms with Gasteiger partial charge in [-0.3, -0.25) is 14.4 Å². The van der Waals surface area contributed by atoms with E-state index in [0.29, 0.717) is 6.42 Å². The summed E-state index contributed by atoms with van der Waals surface area (Å²) in [7, 11) is 0. The van der Waals surface area contributed by atoms with Crippen LogP contribution in [0.15, 0.2) is 24.0 Å². The number of hydrogen-bond acceptors (Lipinski definition) is 12. The van der Waals surface area contributed by atoms with Crippen molar-refractivity contribution in [2.45, 2.75) is 116 Å². The Morgan fingerprint density at radius 1 is 1.05 bits per heavy atom. The van der Waals surface area contributed by atoms with Crippen molar-refractivity contribution in [3.8, 4) is 0 Å². The van der Waals surface area contributed by atoms with E-state index in [9.17, 15) is 24.3 Å². The van der Waals surface area contributed by atoms with E-state index in [1.165, 1.54) is 20.8 Å². The summed E-state index contributed by atoms with van der Waals surface area (Å²) in [6.45, 7) is 11.0. The van der Waals surface area contributed by atoms with Crippen molar-refractivity contribution in [1.82, 2.24) is 0 Å². The lowest BCUT2D eigenvalue weighted by molar-refractivity contribution is -0.252. The SMILES string of the molecule is CCC(CC)(OC(C)=O)C(=O)O[C@H]1C(O)C[C@@H]2[C@@](C)([C@@H]3C[C@H]4C=CO[C@H]4O3)C(C)=C[C@H](OC(C)=O)[C@@]2(COC(C)=O)[C@@]12CO2. The number of carbonyl (C=O) groups excluding carboxylic acids is 4. The summed E-state index contributed by atoms with van der Waals surface area (Å²) in [5.41, 5.74) is -4.15. The molecule has 0 bridgehead atoms. The van der Waals surface area contributed by atoms with Crippen LogP contribution in [0.5, 0.6) is 0 Å². The summed E-state index contributed by atoms with van der Waals surface area (Å²) in [5.74, 6) is -3.06. The number of rotatable bonds is 9. The predicted octanol–water partition coefficient (Wildman–Crippen LogP) is 2.89. The van der Waals surface area contributed by atoms with Crippen LogP contribution in [-0.4, -0.2) is 84.1 Å². The molecule has 3 fully saturated rings. The fourth-order valence-electron chi connectivity index (χ4n) is 8.31. The molecule has 44 heavy (non-hydrogen) atoms. The maximum atomic E-state index is 13.8. The second-order valence-corrected chi connectivity index (χ2v) is 13.0. The Labute approximate surface area is 257 Å². The second kappa shape index (κ2) is 11.4. The number of aliphatic hydroxyl groups excluding tert-OH is 1. The van der Waals surface area contributed by atoms with Crippen molar-refractivity contribution in [2.24, 2.45) is 22.7 Å². The van der Waals surface area contributed by atoms with Gasteiger partial charge in [-0.1, -0.05) is 26.3 Å². The van der Waals surface area contributed by atoms with Gasteiger partial charge >= 0.3 is 23.9 Å². The summed E-state index contributed by atoms with van der Waals surface area (Å²) >= 11 is 0. The number of fused-ring (bicyclic) bond motifs is 3. The molecule has 1 saturated carbocycles. The van der Waals surface area contributed by atoms with Gasteiger partial charge in [-0.05, 0) is 50.7 Å². The molecular weight excluding hydrogens is 576 g/mol. The first-order chi connectivity index (χ1) is 20.7. The van der Waals surface area contributed by atoms with Crippen LogP contribution in [0.3, 0.4) is 0 Å². The molecule has 0 aromatic rings. The molecule has 5 rings (SSSR count). The minimum atomic E-state index is -1.57. The van der Waals surface area contributed by atoms with Crippen LogP contribution in [0, 0.1) is 22.7 Å². The largest absolute Gasteiger partial charge is 0.472 e. The van der Waals surface area contributed by atoms with Gasteiger partial charge in [-0.15, -0.1) is 0 Å². The summed E-state index contributed by atoms with van der Waals surface area (Å²) in [6, 6.07) is 0. The quantitative estimate of drug-likeness (QED) is 0.174. The zero-order valence-electron chi connectivity index (χ0n) is 26.5. The van der Waals surface area contributed by atoms with Gasteiger partial charge in [-0.25, -0.2) is 4.79 Å². The molecule has 12 nitrogen and oxygen atoms in total. The van der Waals surface area contributed by atoms with Crippen LogP contribution in [-0.2, 0) is 52.3 Å². The van der Waals surface area contributed by atoms with E-state index in [-0.39, 0.29) is 44.5 Å². The zero-order valence-corrected chi connectivity index (χ0v) is 26.5. The molecule has 244 valence electrons. The van der Waals surface area contributed by atoms with Crippen LogP contribution in [0.1, 0.15) is 74.1 Å². The molecule has 0 aromatic carbocycles. The van der Waals surface area contributed by atoms with Gasteiger partial charge in [0.1, 0.15) is 18.3 Å².